The summed E-state index contributed by atoms with van der Waals surface area (Å²) in [4.78, 5) is 1.81. The van der Waals surface area contributed by atoms with Gasteiger partial charge >= 0.3 is 6.18 Å². The number of fused-ring (bicyclic) bond motifs is 1. The molecule has 2 unspecified atom stereocenters. The van der Waals surface area contributed by atoms with E-state index in [0.29, 0.717) is 0 Å². The number of benzene rings is 1. The van der Waals surface area contributed by atoms with Crippen molar-refractivity contribution in [2.24, 2.45) is 0 Å². The minimum Gasteiger partial charge on any atom is -0.312 e. The molecule has 5 heteroatoms. The smallest absolute Gasteiger partial charge is 0.312 e. The van der Waals surface area contributed by atoms with Crippen molar-refractivity contribution < 1.29 is 13.2 Å². The molecule has 0 saturated heterocycles. The van der Waals surface area contributed by atoms with Gasteiger partial charge in [0.05, 0.1) is 6.42 Å². The van der Waals surface area contributed by atoms with Crippen LogP contribution in [0.1, 0.15) is 23.6 Å². The second-order valence-electron chi connectivity index (χ2n) is 5.08. The van der Waals surface area contributed by atoms with E-state index in [9.17, 15) is 13.2 Å². The highest BCUT2D eigenvalue weighted by Gasteiger charge is 2.35. The highest BCUT2D eigenvalue weighted by atomic mass is 19.4. The van der Waals surface area contributed by atoms with Crippen molar-refractivity contribution in [3.05, 3.63) is 35.4 Å². The van der Waals surface area contributed by atoms with Gasteiger partial charge in [-0.1, -0.05) is 24.3 Å². The number of rotatable bonds is 4. The summed E-state index contributed by atoms with van der Waals surface area (Å²) in [6, 6.07) is 8.25. The van der Waals surface area contributed by atoms with Crippen molar-refractivity contribution in [1.82, 2.24) is 10.2 Å². The number of alkyl halides is 3. The van der Waals surface area contributed by atoms with Crippen molar-refractivity contribution in [1.29, 1.82) is 0 Å². The Balaban J connectivity index is 2.06. The standard InChI is InChI=1S/C14H19F3N2/c1-18-13-11-6-4-3-5-10(11)9-12(13)19(2)8-7-14(15,16)17/h3-6,12-13,18H,7-9H2,1-2H3. The number of hydrogen-bond donors (Lipinski definition) is 1. The Morgan fingerprint density at radius 3 is 2.63 bits per heavy atom. The Kier molecular flexibility index (Phi) is 4.16. The molecule has 106 valence electrons. The van der Waals surface area contributed by atoms with Gasteiger partial charge in [0, 0.05) is 18.6 Å². The van der Waals surface area contributed by atoms with Gasteiger partial charge in [0.2, 0.25) is 0 Å². The van der Waals surface area contributed by atoms with Crippen LogP contribution in [0.3, 0.4) is 0 Å². The fourth-order valence-corrected chi connectivity index (χ4v) is 2.80. The molecule has 0 bridgehead atoms. The molecular formula is C14H19F3N2. The molecule has 0 saturated carbocycles. The van der Waals surface area contributed by atoms with Crippen LogP contribution >= 0.6 is 0 Å². The second-order valence-corrected chi connectivity index (χ2v) is 5.08. The molecule has 0 radical (unpaired) electrons. The van der Waals surface area contributed by atoms with Gasteiger partial charge in [-0.3, -0.25) is 0 Å². The molecule has 0 aromatic heterocycles. The third-order valence-corrected chi connectivity index (χ3v) is 3.83. The van der Waals surface area contributed by atoms with Crippen LogP contribution < -0.4 is 5.32 Å². The summed E-state index contributed by atoms with van der Waals surface area (Å²) in [5, 5.41) is 3.23. The van der Waals surface area contributed by atoms with Gasteiger partial charge in [-0.2, -0.15) is 13.2 Å². The Morgan fingerprint density at radius 1 is 1.32 bits per heavy atom. The highest BCUT2D eigenvalue weighted by Crippen LogP contribution is 2.34. The molecule has 1 N–H and O–H groups in total. The number of hydrogen-bond acceptors (Lipinski definition) is 2. The van der Waals surface area contributed by atoms with E-state index >= 15 is 0 Å². The molecule has 2 atom stereocenters. The largest absolute Gasteiger partial charge is 0.390 e. The van der Waals surface area contributed by atoms with Gasteiger partial charge in [-0.15, -0.1) is 0 Å². The molecule has 1 aliphatic carbocycles. The predicted octanol–water partition coefficient (Wildman–Crippen LogP) is 2.76. The lowest BCUT2D eigenvalue weighted by Crippen LogP contribution is -2.41. The molecule has 0 spiro atoms. The topological polar surface area (TPSA) is 15.3 Å². The summed E-state index contributed by atoms with van der Waals surface area (Å²) in [7, 11) is 3.63. The summed E-state index contributed by atoms with van der Waals surface area (Å²) in [5.74, 6) is 0. The summed E-state index contributed by atoms with van der Waals surface area (Å²) < 4.78 is 36.9. The van der Waals surface area contributed by atoms with Crippen LogP contribution in [-0.2, 0) is 6.42 Å². The monoisotopic (exact) mass is 272 g/mol. The summed E-state index contributed by atoms with van der Waals surface area (Å²) in [6.45, 7) is 0.0420. The maximum Gasteiger partial charge on any atom is 0.390 e. The van der Waals surface area contributed by atoms with E-state index in [1.807, 2.05) is 30.1 Å². The summed E-state index contributed by atoms with van der Waals surface area (Å²) in [5.41, 5.74) is 2.43. The lowest BCUT2D eigenvalue weighted by molar-refractivity contribution is -0.138. The summed E-state index contributed by atoms with van der Waals surface area (Å²) in [6.07, 6.45) is -4.04. The fourth-order valence-electron chi connectivity index (χ4n) is 2.80. The first kappa shape index (κ1) is 14.3. The Hall–Kier alpha value is -1.07. The zero-order valence-corrected chi connectivity index (χ0v) is 11.2. The van der Waals surface area contributed by atoms with Gasteiger partial charge in [-0.05, 0) is 31.6 Å². The molecule has 0 amide bonds. The van der Waals surface area contributed by atoms with Gasteiger partial charge in [0.1, 0.15) is 0 Å². The first-order chi connectivity index (χ1) is 8.92. The fraction of sp³-hybridized carbons (Fsp3) is 0.571. The molecule has 0 heterocycles. The second kappa shape index (κ2) is 5.51. The Morgan fingerprint density at radius 2 is 2.00 bits per heavy atom. The van der Waals surface area contributed by atoms with Crippen LogP contribution in [0.4, 0.5) is 13.2 Å². The van der Waals surface area contributed by atoms with Crippen molar-refractivity contribution in [3.63, 3.8) is 0 Å². The van der Waals surface area contributed by atoms with Crippen molar-refractivity contribution in [2.45, 2.75) is 31.1 Å². The quantitative estimate of drug-likeness (QED) is 0.906. The minimum atomic E-state index is -4.09. The van der Waals surface area contributed by atoms with E-state index in [1.165, 1.54) is 11.1 Å². The van der Waals surface area contributed by atoms with Gasteiger partial charge in [0.25, 0.3) is 0 Å². The molecule has 19 heavy (non-hydrogen) atoms. The van der Waals surface area contributed by atoms with Crippen molar-refractivity contribution >= 4 is 0 Å². The first-order valence-electron chi connectivity index (χ1n) is 6.44. The van der Waals surface area contributed by atoms with Crippen LogP contribution in [0.15, 0.2) is 24.3 Å². The number of nitrogens with one attached hydrogen (secondary N) is 1. The van der Waals surface area contributed by atoms with E-state index in [1.54, 1.807) is 7.05 Å². The average molecular weight is 272 g/mol. The molecule has 2 rings (SSSR count). The lowest BCUT2D eigenvalue weighted by Gasteiger charge is -2.30. The number of nitrogens with zero attached hydrogens (tertiary/aromatic N) is 1. The van der Waals surface area contributed by atoms with Crippen LogP contribution in [0.5, 0.6) is 0 Å². The normalized spacial score (nSPS) is 22.8. The molecule has 1 aliphatic rings. The van der Waals surface area contributed by atoms with Crippen LogP contribution in [0, 0.1) is 0 Å². The molecule has 1 aromatic carbocycles. The Bertz CT molecular complexity index is 431. The number of halogens is 3. The summed E-state index contributed by atoms with van der Waals surface area (Å²) >= 11 is 0. The third-order valence-electron chi connectivity index (χ3n) is 3.83. The number of likely N-dealkylation sites (N-methyl/N-ethyl adjacent to an activating group) is 2. The Labute approximate surface area is 111 Å². The highest BCUT2D eigenvalue weighted by molar-refractivity contribution is 5.37. The van der Waals surface area contributed by atoms with E-state index < -0.39 is 12.6 Å². The van der Waals surface area contributed by atoms with E-state index in [4.69, 9.17) is 0 Å². The maximum absolute atomic E-state index is 12.3. The van der Waals surface area contributed by atoms with Crippen LogP contribution in [0.2, 0.25) is 0 Å². The minimum absolute atomic E-state index is 0.0420. The van der Waals surface area contributed by atoms with Crippen LogP contribution in [0.25, 0.3) is 0 Å². The zero-order valence-electron chi connectivity index (χ0n) is 11.2. The molecule has 2 nitrogen and oxygen atoms in total. The first-order valence-corrected chi connectivity index (χ1v) is 6.44. The molecule has 0 aliphatic heterocycles. The third kappa shape index (κ3) is 3.28. The van der Waals surface area contributed by atoms with Gasteiger partial charge in [0.15, 0.2) is 0 Å². The van der Waals surface area contributed by atoms with E-state index in [0.717, 1.165) is 6.42 Å². The van der Waals surface area contributed by atoms with Crippen molar-refractivity contribution in [2.75, 3.05) is 20.6 Å². The van der Waals surface area contributed by atoms with Gasteiger partial charge < -0.3 is 10.2 Å². The lowest BCUT2D eigenvalue weighted by atomic mass is 10.1. The van der Waals surface area contributed by atoms with E-state index in [2.05, 4.69) is 11.4 Å². The SMILES string of the molecule is CNC1c2ccccc2CC1N(C)CCC(F)(F)F. The van der Waals surface area contributed by atoms with Gasteiger partial charge in [-0.25, -0.2) is 0 Å². The predicted molar refractivity (Wildman–Crippen MR) is 69.0 cm³/mol. The van der Waals surface area contributed by atoms with Crippen LogP contribution in [-0.4, -0.2) is 37.8 Å². The zero-order chi connectivity index (χ0) is 14.0. The molecule has 0 fully saturated rings. The molecular weight excluding hydrogens is 253 g/mol. The van der Waals surface area contributed by atoms with E-state index in [-0.39, 0.29) is 18.6 Å². The average Bonchev–Trinajstić information content (AvgIpc) is 2.73. The van der Waals surface area contributed by atoms with Crippen molar-refractivity contribution in [3.8, 4) is 0 Å². The maximum atomic E-state index is 12.3. The molecule has 1 aromatic rings.